The Balaban J connectivity index is 1.53. The molecule has 1 unspecified atom stereocenters. The molecule has 1 aliphatic rings. The topological polar surface area (TPSA) is 70.6 Å². The summed E-state index contributed by atoms with van der Waals surface area (Å²) in [7, 11) is 0. The van der Waals surface area contributed by atoms with Crippen LogP contribution in [0.25, 0.3) is 0 Å². The summed E-state index contributed by atoms with van der Waals surface area (Å²) in [6.45, 7) is 2.63. The van der Waals surface area contributed by atoms with Crippen LogP contribution in [0, 0.1) is 11.3 Å². The normalized spacial score (nSPS) is 17.0. The molecule has 4 rings (SSSR count). The van der Waals surface area contributed by atoms with Crippen LogP contribution in [0.3, 0.4) is 0 Å². The highest BCUT2D eigenvalue weighted by Gasteiger charge is 2.25. The highest BCUT2D eigenvalue weighted by atomic mass is 15.2. The van der Waals surface area contributed by atoms with Gasteiger partial charge in [0.05, 0.1) is 11.6 Å². The van der Waals surface area contributed by atoms with Crippen molar-refractivity contribution in [1.82, 2.24) is 19.5 Å². The molecule has 1 atom stereocenters. The maximum absolute atomic E-state index is 9.13. The number of hydrogen-bond acceptors (Lipinski definition) is 5. The lowest BCUT2D eigenvalue weighted by atomic mass is 9.97. The third-order valence-electron chi connectivity index (χ3n) is 4.84. The van der Waals surface area contributed by atoms with Crippen LogP contribution in [-0.2, 0) is 6.54 Å². The Labute approximate surface area is 152 Å². The summed E-state index contributed by atoms with van der Waals surface area (Å²) in [5, 5.41) is 9.13. The van der Waals surface area contributed by atoms with Crippen LogP contribution in [0.1, 0.15) is 35.7 Å². The van der Waals surface area contributed by atoms with E-state index in [-0.39, 0.29) is 0 Å². The highest BCUT2D eigenvalue weighted by Crippen LogP contribution is 2.29. The molecular weight excluding hydrogens is 324 g/mol. The number of pyridine rings is 2. The summed E-state index contributed by atoms with van der Waals surface area (Å²) >= 11 is 0. The van der Waals surface area contributed by atoms with Crippen LogP contribution < -0.4 is 4.90 Å². The molecule has 0 radical (unpaired) electrons. The zero-order valence-corrected chi connectivity index (χ0v) is 14.5. The van der Waals surface area contributed by atoms with Gasteiger partial charge >= 0.3 is 0 Å². The summed E-state index contributed by atoms with van der Waals surface area (Å²) < 4.78 is 2.22. The summed E-state index contributed by atoms with van der Waals surface area (Å²) in [4.78, 5) is 15.5. The first kappa shape index (κ1) is 16.3. The van der Waals surface area contributed by atoms with E-state index in [9.17, 15) is 0 Å². The number of rotatable bonds is 4. The molecule has 4 heterocycles. The Morgan fingerprint density at radius 2 is 2.00 bits per heavy atom. The zero-order valence-electron chi connectivity index (χ0n) is 14.5. The van der Waals surface area contributed by atoms with Gasteiger partial charge in [0.15, 0.2) is 0 Å². The predicted molar refractivity (Wildman–Crippen MR) is 98.7 cm³/mol. The van der Waals surface area contributed by atoms with Crippen molar-refractivity contribution >= 4 is 5.82 Å². The number of nitrogens with zero attached hydrogens (tertiary/aromatic N) is 6. The molecule has 0 amide bonds. The van der Waals surface area contributed by atoms with Crippen molar-refractivity contribution in [1.29, 1.82) is 5.26 Å². The third kappa shape index (κ3) is 3.42. The summed E-state index contributed by atoms with van der Waals surface area (Å²) in [6.07, 6.45) is 11.5. The maximum Gasteiger partial charge on any atom is 0.129 e. The Morgan fingerprint density at radius 3 is 2.85 bits per heavy atom. The highest BCUT2D eigenvalue weighted by molar-refractivity contribution is 5.45. The van der Waals surface area contributed by atoms with E-state index in [1.807, 2.05) is 43.0 Å². The molecule has 3 aromatic rings. The average molecular weight is 344 g/mol. The SMILES string of the molecule is N#Cc1ccnc(N2CCCC(c3nccn3Cc3ccncc3)C2)c1. The van der Waals surface area contributed by atoms with Crippen LogP contribution in [0.15, 0.2) is 55.2 Å². The van der Waals surface area contributed by atoms with Gasteiger partial charge in [-0.1, -0.05) is 0 Å². The van der Waals surface area contributed by atoms with Gasteiger partial charge in [-0.15, -0.1) is 0 Å². The van der Waals surface area contributed by atoms with E-state index in [1.54, 1.807) is 12.3 Å². The molecule has 6 heteroatoms. The average Bonchev–Trinajstić information content (AvgIpc) is 3.17. The number of hydrogen-bond donors (Lipinski definition) is 0. The van der Waals surface area contributed by atoms with Crippen LogP contribution in [0.2, 0.25) is 0 Å². The molecule has 6 nitrogen and oxygen atoms in total. The smallest absolute Gasteiger partial charge is 0.129 e. The lowest BCUT2D eigenvalue weighted by Gasteiger charge is -2.33. The van der Waals surface area contributed by atoms with Crippen molar-refractivity contribution in [2.45, 2.75) is 25.3 Å². The molecule has 0 bridgehead atoms. The van der Waals surface area contributed by atoms with Crippen molar-refractivity contribution in [3.63, 3.8) is 0 Å². The molecule has 1 fully saturated rings. The molecule has 0 aliphatic carbocycles. The van der Waals surface area contributed by atoms with Gasteiger partial charge in [-0.25, -0.2) is 9.97 Å². The van der Waals surface area contributed by atoms with Gasteiger partial charge in [-0.2, -0.15) is 5.26 Å². The fourth-order valence-electron chi connectivity index (χ4n) is 3.56. The molecule has 130 valence electrons. The van der Waals surface area contributed by atoms with Gasteiger partial charge < -0.3 is 9.47 Å². The molecule has 26 heavy (non-hydrogen) atoms. The Morgan fingerprint density at radius 1 is 1.12 bits per heavy atom. The standard InChI is InChI=1S/C20H20N6/c21-13-17-5-8-23-19(12-17)25-10-1-2-18(15-25)20-24-9-11-26(20)14-16-3-6-22-7-4-16/h3-9,11-12,18H,1-2,10,14-15H2. The van der Waals surface area contributed by atoms with Gasteiger partial charge in [-0.05, 0) is 42.7 Å². The largest absolute Gasteiger partial charge is 0.356 e. The molecule has 0 N–H and O–H groups in total. The lowest BCUT2D eigenvalue weighted by molar-refractivity contribution is 0.474. The maximum atomic E-state index is 9.13. The van der Waals surface area contributed by atoms with Crippen molar-refractivity contribution in [3.8, 4) is 6.07 Å². The predicted octanol–water partition coefficient (Wildman–Crippen LogP) is 2.98. The zero-order chi connectivity index (χ0) is 17.8. The van der Waals surface area contributed by atoms with Gasteiger partial charge in [-0.3, -0.25) is 4.98 Å². The molecule has 1 aliphatic heterocycles. The van der Waals surface area contributed by atoms with E-state index in [2.05, 4.69) is 30.5 Å². The monoisotopic (exact) mass is 344 g/mol. The summed E-state index contributed by atoms with van der Waals surface area (Å²) in [5.74, 6) is 2.34. The van der Waals surface area contributed by atoms with E-state index < -0.39 is 0 Å². The van der Waals surface area contributed by atoms with Gasteiger partial charge in [0.25, 0.3) is 0 Å². The van der Waals surface area contributed by atoms with E-state index >= 15 is 0 Å². The molecule has 0 spiro atoms. The Bertz CT molecular complexity index is 911. The van der Waals surface area contributed by atoms with Gasteiger partial charge in [0.2, 0.25) is 0 Å². The van der Waals surface area contributed by atoms with Crippen molar-refractivity contribution in [2.24, 2.45) is 0 Å². The molecular formula is C20H20N6. The minimum Gasteiger partial charge on any atom is -0.356 e. The van der Waals surface area contributed by atoms with Crippen LogP contribution in [-0.4, -0.2) is 32.6 Å². The van der Waals surface area contributed by atoms with Crippen molar-refractivity contribution in [3.05, 3.63) is 72.2 Å². The fourth-order valence-corrected chi connectivity index (χ4v) is 3.56. The first-order valence-corrected chi connectivity index (χ1v) is 8.84. The molecule has 0 saturated carbocycles. The summed E-state index contributed by atoms with van der Waals surface area (Å²) in [6, 6.07) is 9.87. The quantitative estimate of drug-likeness (QED) is 0.728. The number of anilines is 1. The Kier molecular flexibility index (Phi) is 4.61. The second-order valence-corrected chi connectivity index (χ2v) is 6.57. The van der Waals surface area contributed by atoms with E-state index in [0.29, 0.717) is 11.5 Å². The minimum absolute atomic E-state index is 0.355. The second-order valence-electron chi connectivity index (χ2n) is 6.57. The minimum atomic E-state index is 0.355. The number of imidazole rings is 1. The first-order valence-electron chi connectivity index (χ1n) is 8.84. The first-order chi connectivity index (χ1) is 12.8. The van der Waals surface area contributed by atoms with Gasteiger partial charge in [0.1, 0.15) is 11.6 Å². The van der Waals surface area contributed by atoms with E-state index in [0.717, 1.165) is 44.1 Å². The molecule has 0 aromatic carbocycles. The number of piperidine rings is 1. The Hall–Kier alpha value is -3.20. The van der Waals surface area contributed by atoms with Gasteiger partial charge in [0, 0.05) is 56.5 Å². The number of aromatic nitrogens is 4. The van der Waals surface area contributed by atoms with E-state index in [4.69, 9.17) is 5.26 Å². The van der Waals surface area contributed by atoms with Crippen LogP contribution in [0.4, 0.5) is 5.82 Å². The van der Waals surface area contributed by atoms with Crippen LogP contribution >= 0.6 is 0 Å². The lowest BCUT2D eigenvalue weighted by Crippen LogP contribution is -2.36. The van der Waals surface area contributed by atoms with Crippen LogP contribution in [0.5, 0.6) is 0 Å². The fraction of sp³-hybridized carbons (Fsp3) is 0.300. The van der Waals surface area contributed by atoms with Crippen molar-refractivity contribution < 1.29 is 0 Å². The third-order valence-corrected chi connectivity index (χ3v) is 4.84. The molecule has 3 aromatic heterocycles. The summed E-state index contributed by atoms with van der Waals surface area (Å²) in [5.41, 5.74) is 1.87. The molecule has 1 saturated heterocycles. The van der Waals surface area contributed by atoms with Crippen molar-refractivity contribution in [2.75, 3.05) is 18.0 Å². The second kappa shape index (κ2) is 7.36. The van der Waals surface area contributed by atoms with E-state index in [1.165, 1.54) is 5.56 Å². The number of nitriles is 1.